The molecule has 0 aliphatic heterocycles. The third-order valence-electron chi connectivity index (χ3n) is 1.71. The first-order valence-electron chi connectivity index (χ1n) is 4.23. The van der Waals surface area contributed by atoms with Crippen molar-refractivity contribution in [2.45, 2.75) is 18.2 Å². The first-order chi connectivity index (χ1) is 6.26. The van der Waals surface area contributed by atoms with E-state index in [0.717, 1.165) is 12.1 Å². The molecule has 0 saturated heterocycles. The van der Waals surface area contributed by atoms with E-state index in [1.165, 1.54) is 4.90 Å². The standard InChI is InChI=1S/C10H14N2S/c1-3-10(11)12-8-4-6-9(13-2)7-5-8/h4-7H,3H2,1-2H3,(H2,11,12). The molecule has 2 N–H and O–H groups in total. The molecule has 3 heteroatoms. The van der Waals surface area contributed by atoms with Gasteiger partial charge in [0, 0.05) is 11.3 Å². The molecule has 0 amide bonds. The number of nitrogens with two attached hydrogens (primary N) is 1. The molecular formula is C10H14N2S. The van der Waals surface area contributed by atoms with E-state index >= 15 is 0 Å². The lowest BCUT2D eigenvalue weighted by Crippen LogP contribution is -2.08. The molecule has 2 nitrogen and oxygen atoms in total. The maximum absolute atomic E-state index is 5.62. The monoisotopic (exact) mass is 194 g/mol. The van der Waals surface area contributed by atoms with Gasteiger partial charge in [0.1, 0.15) is 0 Å². The zero-order valence-electron chi connectivity index (χ0n) is 7.95. The van der Waals surface area contributed by atoms with Crippen LogP contribution in [0.25, 0.3) is 0 Å². The van der Waals surface area contributed by atoms with Crippen molar-refractivity contribution >= 4 is 23.3 Å². The second-order valence-corrected chi connectivity index (χ2v) is 3.53. The largest absolute Gasteiger partial charge is 0.387 e. The summed E-state index contributed by atoms with van der Waals surface area (Å²) < 4.78 is 0. The molecule has 0 fully saturated rings. The van der Waals surface area contributed by atoms with E-state index in [0.29, 0.717) is 5.84 Å². The lowest BCUT2D eigenvalue weighted by Gasteiger charge is -1.98. The number of aliphatic imine (C=N–C) groups is 1. The Bertz CT molecular complexity index is 290. The number of rotatable bonds is 3. The van der Waals surface area contributed by atoms with Gasteiger partial charge < -0.3 is 5.73 Å². The summed E-state index contributed by atoms with van der Waals surface area (Å²) in [5.41, 5.74) is 6.55. The molecule has 0 radical (unpaired) electrons. The molecule has 0 aliphatic rings. The van der Waals surface area contributed by atoms with Gasteiger partial charge in [-0.25, -0.2) is 4.99 Å². The Morgan fingerprint density at radius 2 is 2.00 bits per heavy atom. The van der Waals surface area contributed by atoms with Crippen LogP contribution in [0.15, 0.2) is 34.2 Å². The number of benzene rings is 1. The second kappa shape index (κ2) is 4.92. The number of thioether (sulfide) groups is 1. The normalized spacial score (nSPS) is 11.7. The fourth-order valence-corrected chi connectivity index (χ4v) is 1.31. The minimum Gasteiger partial charge on any atom is -0.387 e. The summed E-state index contributed by atoms with van der Waals surface area (Å²) in [6.45, 7) is 2.00. The van der Waals surface area contributed by atoms with Crippen molar-refractivity contribution in [2.75, 3.05) is 6.26 Å². The minimum atomic E-state index is 0.678. The highest BCUT2D eigenvalue weighted by Gasteiger charge is 1.92. The Balaban J connectivity index is 2.80. The molecule has 0 aromatic heterocycles. The van der Waals surface area contributed by atoms with Crippen molar-refractivity contribution in [1.29, 1.82) is 0 Å². The Kier molecular flexibility index (Phi) is 3.83. The zero-order chi connectivity index (χ0) is 9.68. The molecule has 13 heavy (non-hydrogen) atoms. The van der Waals surface area contributed by atoms with Crippen LogP contribution in [0.1, 0.15) is 13.3 Å². The predicted octanol–water partition coefficient (Wildman–Crippen LogP) is 2.81. The summed E-state index contributed by atoms with van der Waals surface area (Å²) in [6.07, 6.45) is 2.85. The van der Waals surface area contributed by atoms with E-state index in [2.05, 4.69) is 11.2 Å². The van der Waals surface area contributed by atoms with Gasteiger partial charge in [0.05, 0.1) is 11.5 Å². The van der Waals surface area contributed by atoms with Gasteiger partial charge in [-0.05, 0) is 30.5 Å². The van der Waals surface area contributed by atoms with Crippen molar-refractivity contribution in [3.05, 3.63) is 24.3 Å². The summed E-state index contributed by atoms with van der Waals surface area (Å²) in [4.78, 5) is 5.48. The van der Waals surface area contributed by atoms with E-state index in [9.17, 15) is 0 Å². The Labute approximate surface area is 83.2 Å². The van der Waals surface area contributed by atoms with Gasteiger partial charge >= 0.3 is 0 Å². The quantitative estimate of drug-likeness (QED) is 0.456. The van der Waals surface area contributed by atoms with E-state index in [-0.39, 0.29) is 0 Å². The van der Waals surface area contributed by atoms with Crippen LogP contribution in [0, 0.1) is 0 Å². The van der Waals surface area contributed by atoms with Crippen LogP contribution in [0.4, 0.5) is 5.69 Å². The second-order valence-electron chi connectivity index (χ2n) is 2.65. The van der Waals surface area contributed by atoms with Gasteiger partial charge in [-0.3, -0.25) is 0 Å². The summed E-state index contributed by atoms with van der Waals surface area (Å²) in [5, 5.41) is 0. The minimum absolute atomic E-state index is 0.678. The number of hydrogen-bond acceptors (Lipinski definition) is 2. The SMILES string of the molecule is CCC(N)=Nc1ccc(SC)cc1. The van der Waals surface area contributed by atoms with Crippen molar-refractivity contribution in [1.82, 2.24) is 0 Å². The predicted molar refractivity (Wildman–Crippen MR) is 59.8 cm³/mol. The molecule has 0 unspecified atom stereocenters. The summed E-state index contributed by atoms with van der Waals surface area (Å²) in [6, 6.07) is 8.06. The number of amidine groups is 1. The fourth-order valence-electron chi connectivity index (χ4n) is 0.902. The van der Waals surface area contributed by atoms with Gasteiger partial charge in [0.25, 0.3) is 0 Å². The molecule has 70 valence electrons. The molecular weight excluding hydrogens is 180 g/mol. The summed E-state index contributed by atoms with van der Waals surface area (Å²) in [5.74, 6) is 0.678. The fraction of sp³-hybridized carbons (Fsp3) is 0.300. The highest BCUT2D eigenvalue weighted by atomic mass is 32.2. The Morgan fingerprint density at radius 1 is 1.38 bits per heavy atom. The summed E-state index contributed by atoms with van der Waals surface area (Å²) in [7, 11) is 0. The number of nitrogens with zero attached hydrogens (tertiary/aromatic N) is 1. The zero-order valence-corrected chi connectivity index (χ0v) is 8.77. The van der Waals surface area contributed by atoms with Crippen molar-refractivity contribution in [2.24, 2.45) is 10.7 Å². The van der Waals surface area contributed by atoms with Crippen molar-refractivity contribution in [3.8, 4) is 0 Å². The van der Waals surface area contributed by atoms with Crippen LogP contribution in [0.3, 0.4) is 0 Å². The molecule has 1 aromatic rings. The van der Waals surface area contributed by atoms with Crippen LogP contribution in [0.2, 0.25) is 0 Å². The van der Waals surface area contributed by atoms with Crippen LogP contribution in [-0.4, -0.2) is 12.1 Å². The van der Waals surface area contributed by atoms with Crippen LogP contribution >= 0.6 is 11.8 Å². The first-order valence-corrected chi connectivity index (χ1v) is 5.46. The third-order valence-corrected chi connectivity index (χ3v) is 2.45. The van der Waals surface area contributed by atoms with E-state index in [1.807, 2.05) is 31.2 Å². The smallest absolute Gasteiger partial charge is 0.0993 e. The molecule has 0 heterocycles. The molecule has 1 aromatic carbocycles. The first kappa shape index (κ1) is 10.1. The Morgan fingerprint density at radius 3 is 2.46 bits per heavy atom. The maximum Gasteiger partial charge on any atom is 0.0993 e. The van der Waals surface area contributed by atoms with Gasteiger partial charge in [-0.2, -0.15) is 0 Å². The van der Waals surface area contributed by atoms with Crippen molar-refractivity contribution < 1.29 is 0 Å². The highest BCUT2D eigenvalue weighted by molar-refractivity contribution is 7.98. The molecule has 0 bridgehead atoms. The van der Waals surface area contributed by atoms with Crippen LogP contribution < -0.4 is 5.73 Å². The molecule has 1 rings (SSSR count). The third kappa shape index (κ3) is 3.11. The van der Waals surface area contributed by atoms with E-state index in [4.69, 9.17) is 5.73 Å². The average Bonchev–Trinajstić information content (AvgIpc) is 2.19. The van der Waals surface area contributed by atoms with Crippen molar-refractivity contribution in [3.63, 3.8) is 0 Å². The highest BCUT2D eigenvalue weighted by Crippen LogP contribution is 2.19. The molecule has 0 saturated carbocycles. The number of hydrogen-bond donors (Lipinski definition) is 1. The van der Waals surface area contributed by atoms with E-state index in [1.54, 1.807) is 11.8 Å². The maximum atomic E-state index is 5.62. The van der Waals surface area contributed by atoms with Gasteiger partial charge in [0.2, 0.25) is 0 Å². The topological polar surface area (TPSA) is 38.4 Å². The lowest BCUT2D eigenvalue weighted by molar-refractivity contribution is 1.23. The van der Waals surface area contributed by atoms with Gasteiger partial charge in [0.15, 0.2) is 0 Å². The van der Waals surface area contributed by atoms with Crippen LogP contribution in [-0.2, 0) is 0 Å². The van der Waals surface area contributed by atoms with Crippen LogP contribution in [0.5, 0.6) is 0 Å². The molecule has 0 spiro atoms. The average molecular weight is 194 g/mol. The molecule has 0 atom stereocenters. The molecule has 0 aliphatic carbocycles. The summed E-state index contributed by atoms with van der Waals surface area (Å²) >= 11 is 1.72. The van der Waals surface area contributed by atoms with Gasteiger partial charge in [-0.15, -0.1) is 11.8 Å². The lowest BCUT2D eigenvalue weighted by atomic mass is 10.3. The Hall–Kier alpha value is -0.960. The van der Waals surface area contributed by atoms with E-state index < -0.39 is 0 Å². The van der Waals surface area contributed by atoms with Gasteiger partial charge in [-0.1, -0.05) is 6.92 Å².